The summed E-state index contributed by atoms with van der Waals surface area (Å²) in [5.74, 6) is 0. The smallest absolute Gasteiger partial charge is 0.0139 e. The second-order valence-electron chi connectivity index (χ2n) is 2.88. The highest BCUT2D eigenvalue weighted by Crippen LogP contribution is 2.06. The molecule has 0 aliphatic carbocycles. The molecule has 0 aromatic heterocycles. The molecule has 62 valence electrons. The van der Waals surface area contributed by atoms with E-state index < -0.39 is 0 Å². The lowest BCUT2D eigenvalue weighted by molar-refractivity contribution is 1.12. The maximum atomic E-state index is 3.69. The molecular formula is C11H18. The molecule has 0 radical (unpaired) electrons. The van der Waals surface area contributed by atoms with E-state index in [0.717, 1.165) is 12.8 Å². The molecule has 0 N–H and O–H groups in total. The average molecular weight is 150 g/mol. The summed E-state index contributed by atoms with van der Waals surface area (Å²) in [5, 5.41) is 0. The van der Waals surface area contributed by atoms with Gasteiger partial charge in [-0.15, -0.1) is 6.58 Å². The Labute approximate surface area is 70.3 Å². The molecule has 0 amide bonds. The van der Waals surface area contributed by atoms with Crippen LogP contribution in [0.15, 0.2) is 36.0 Å². The molecule has 0 unspecified atom stereocenters. The van der Waals surface area contributed by atoms with E-state index in [1.807, 2.05) is 6.08 Å². The second kappa shape index (κ2) is 5.96. The highest BCUT2D eigenvalue weighted by Gasteiger charge is 1.86. The zero-order valence-corrected chi connectivity index (χ0v) is 7.85. The molecule has 0 spiro atoms. The largest absolute Gasteiger partial charge is 0.103 e. The molecule has 0 aromatic rings. The zero-order chi connectivity index (χ0) is 8.69. The summed E-state index contributed by atoms with van der Waals surface area (Å²) in [4.78, 5) is 0. The van der Waals surface area contributed by atoms with Gasteiger partial charge in [0.1, 0.15) is 0 Å². The first kappa shape index (κ1) is 10.2. The van der Waals surface area contributed by atoms with Crippen LogP contribution in [0.2, 0.25) is 0 Å². The van der Waals surface area contributed by atoms with E-state index in [9.17, 15) is 0 Å². The Bertz CT molecular complexity index is 170. The van der Waals surface area contributed by atoms with Gasteiger partial charge in [0.15, 0.2) is 0 Å². The summed E-state index contributed by atoms with van der Waals surface area (Å²) in [7, 11) is 0. The maximum absolute atomic E-state index is 3.69. The fraction of sp³-hybridized carbons (Fsp3) is 0.455. The molecule has 0 atom stereocenters. The van der Waals surface area contributed by atoms with E-state index >= 15 is 0 Å². The van der Waals surface area contributed by atoms with Crippen LogP contribution < -0.4 is 0 Å². The summed E-state index contributed by atoms with van der Waals surface area (Å²) >= 11 is 0. The molecule has 0 heteroatoms. The molecule has 0 saturated carbocycles. The van der Waals surface area contributed by atoms with Crippen molar-refractivity contribution in [2.75, 3.05) is 0 Å². The predicted octanol–water partition coefficient (Wildman–Crippen LogP) is 3.87. The van der Waals surface area contributed by atoms with Gasteiger partial charge in [0.2, 0.25) is 0 Å². The maximum Gasteiger partial charge on any atom is -0.0139 e. The van der Waals surface area contributed by atoms with Crippen LogP contribution in [0.4, 0.5) is 0 Å². The van der Waals surface area contributed by atoms with Crippen LogP contribution in [-0.2, 0) is 0 Å². The summed E-state index contributed by atoms with van der Waals surface area (Å²) in [6.07, 6.45) is 8.44. The minimum Gasteiger partial charge on any atom is -0.103 e. The number of rotatable bonds is 4. The van der Waals surface area contributed by atoms with Gasteiger partial charge in [-0.3, -0.25) is 0 Å². The van der Waals surface area contributed by atoms with Gasteiger partial charge < -0.3 is 0 Å². The van der Waals surface area contributed by atoms with Crippen molar-refractivity contribution in [3.63, 3.8) is 0 Å². The van der Waals surface area contributed by atoms with Crippen LogP contribution in [0.1, 0.15) is 33.6 Å². The number of hydrogen-bond donors (Lipinski definition) is 0. The normalized spacial score (nSPS) is 13.4. The van der Waals surface area contributed by atoms with Gasteiger partial charge in [0.05, 0.1) is 0 Å². The van der Waals surface area contributed by atoms with Crippen molar-refractivity contribution >= 4 is 0 Å². The van der Waals surface area contributed by atoms with E-state index in [0.29, 0.717) is 0 Å². The van der Waals surface area contributed by atoms with Crippen molar-refractivity contribution in [3.05, 3.63) is 36.0 Å². The third-order valence-electron chi connectivity index (χ3n) is 1.73. The van der Waals surface area contributed by atoms with Crippen LogP contribution in [0, 0.1) is 0 Å². The zero-order valence-electron chi connectivity index (χ0n) is 7.85. The molecule has 0 heterocycles. The third-order valence-corrected chi connectivity index (χ3v) is 1.73. The van der Waals surface area contributed by atoms with Crippen LogP contribution in [0.5, 0.6) is 0 Å². The van der Waals surface area contributed by atoms with Crippen molar-refractivity contribution in [1.29, 1.82) is 0 Å². The Morgan fingerprint density at radius 3 is 2.27 bits per heavy atom. The summed E-state index contributed by atoms with van der Waals surface area (Å²) < 4.78 is 0. The van der Waals surface area contributed by atoms with Crippen molar-refractivity contribution in [2.45, 2.75) is 33.6 Å². The Kier molecular flexibility index (Phi) is 5.54. The fourth-order valence-corrected chi connectivity index (χ4v) is 0.764. The monoisotopic (exact) mass is 150 g/mol. The van der Waals surface area contributed by atoms with Crippen LogP contribution in [0.25, 0.3) is 0 Å². The van der Waals surface area contributed by atoms with Gasteiger partial charge in [-0.2, -0.15) is 0 Å². The Morgan fingerprint density at radius 1 is 1.18 bits per heavy atom. The molecule has 0 aliphatic heterocycles. The highest BCUT2D eigenvalue weighted by molar-refractivity contribution is 5.09. The molecule has 0 fully saturated rings. The predicted molar refractivity (Wildman–Crippen MR) is 52.6 cm³/mol. The van der Waals surface area contributed by atoms with Crippen molar-refractivity contribution < 1.29 is 0 Å². The molecule has 11 heavy (non-hydrogen) atoms. The van der Waals surface area contributed by atoms with Gasteiger partial charge in [-0.05, 0) is 33.6 Å². The lowest BCUT2D eigenvalue weighted by Crippen LogP contribution is -1.75. The molecule has 0 aliphatic rings. The third kappa shape index (κ3) is 5.65. The van der Waals surface area contributed by atoms with Crippen molar-refractivity contribution in [3.8, 4) is 0 Å². The van der Waals surface area contributed by atoms with Crippen LogP contribution in [0.3, 0.4) is 0 Å². The standard InChI is InChI=1S/C11H18/c1-5-7-11(4)9-8-10(3)6-2/h5-6,9H,1,7-8H2,2-4H3/b10-6+,11-9+. The summed E-state index contributed by atoms with van der Waals surface area (Å²) in [6, 6.07) is 0. The first-order valence-electron chi connectivity index (χ1n) is 4.09. The van der Waals surface area contributed by atoms with E-state index in [-0.39, 0.29) is 0 Å². The number of hydrogen-bond acceptors (Lipinski definition) is 0. The molecule has 0 nitrogen and oxygen atoms in total. The van der Waals surface area contributed by atoms with Gasteiger partial charge in [0, 0.05) is 0 Å². The minimum absolute atomic E-state index is 1.01. The van der Waals surface area contributed by atoms with Crippen molar-refractivity contribution in [2.24, 2.45) is 0 Å². The molecule has 0 aromatic carbocycles. The van der Waals surface area contributed by atoms with Crippen LogP contribution in [-0.4, -0.2) is 0 Å². The Balaban J connectivity index is 3.81. The Morgan fingerprint density at radius 2 is 1.82 bits per heavy atom. The first-order chi connectivity index (χ1) is 5.20. The molecule has 0 saturated heterocycles. The average Bonchev–Trinajstić information content (AvgIpc) is 2.01. The van der Waals surface area contributed by atoms with E-state index in [2.05, 4.69) is 39.5 Å². The van der Waals surface area contributed by atoms with E-state index in [1.165, 1.54) is 11.1 Å². The van der Waals surface area contributed by atoms with E-state index in [4.69, 9.17) is 0 Å². The van der Waals surface area contributed by atoms with Crippen LogP contribution >= 0.6 is 0 Å². The SMILES string of the molecule is C=CC/C(C)=C/C/C(C)=C/C. The molecule has 0 bridgehead atoms. The lowest BCUT2D eigenvalue weighted by Gasteiger charge is -1.96. The number of allylic oxidation sites excluding steroid dienone is 5. The first-order valence-corrected chi connectivity index (χ1v) is 4.09. The molecular weight excluding hydrogens is 132 g/mol. The lowest BCUT2D eigenvalue weighted by atomic mass is 10.1. The van der Waals surface area contributed by atoms with Gasteiger partial charge in [0.25, 0.3) is 0 Å². The van der Waals surface area contributed by atoms with Gasteiger partial charge >= 0.3 is 0 Å². The topological polar surface area (TPSA) is 0 Å². The van der Waals surface area contributed by atoms with Gasteiger partial charge in [-0.1, -0.05) is 29.4 Å². The summed E-state index contributed by atoms with van der Waals surface area (Å²) in [5.41, 5.74) is 2.83. The summed E-state index contributed by atoms with van der Waals surface area (Å²) in [6.45, 7) is 10.1. The van der Waals surface area contributed by atoms with E-state index in [1.54, 1.807) is 0 Å². The van der Waals surface area contributed by atoms with Crippen molar-refractivity contribution in [1.82, 2.24) is 0 Å². The van der Waals surface area contributed by atoms with Gasteiger partial charge in [-0.25, -0.2) is 0 Å². The molecule has 0 rings (SSSR count). The Hall–Kier alpha value is -0.780. The quantitative estimate of drug-likeness (QED) is 0.534. The fourth-order valence-electron chi connectivity index (χ4n) is 0.764. The highest BCUT2D eigenvalue weighted by atomic mass is 13.9. The minimum atomic E-state index is 1.01. The second-order valence-corrected chi connectivity index (χ2v) is 2.88.